The van der Waals surface area contributed by atoms with Gasteiger partial charge in [0.05, 0.1) is 4.91 Å². The summed E-state index contributed by atoms with van der Waals surface area (Å²) in [4.78, 5) is 39.8. The fourth-order valence-corrected chi connectivity index (χ4v) is 3.94. The Morgan fingerprint density at radius 1 is 1.22 bits per heavy atom. The van der Waals surface area contributed by atoms with Crippen molar-refractivity contribution in [3.05, 3.63) is 38.3 Å². The first kappa shape index (κ1) is 16.5. The first-order valence-corrected chi connectivity index (χ1v) is 9.23. The molecule has 2 fully saturated rings. The highest BCUT2D eigenvalue weighted by Crippen LogP contribution is 2.33. The van der Waals surface area contributed by atoms with E-state index in [1.54, 1.807) is 11.0 Å². The van der Waals surface area contributed by atoms with E-state index in [2.05, 4.69) is 22.6 Å². The van der Waals surface area contributed by atoms with Crippen LogP contribution < -0.4 is 0 Å². The highest BCUT2D eigenvalue weighted by atomic mass is 127. The zero-order valence-electron chi connectivity index (χ0n) is 12.3. The Morgan fingerprint density at radius 3 is 2.61 bits per heavy atom. The van der Waals surface area contributed by atoms with Crippen LogP contribution in [0.4, 0.5) is 4.79 Å². The second-order valence-electron chi connectivity index (χ2n) is 5.38. The van der Waals surface area contributed by atoms with E-state index in [4.69, 9.17) is 0 Å². The van der Waals surface area contributed by atoms with Gasteiger partial charge in [0.15, 0.2) is 0 Å². The van der Waals surface area contributed by atoms with E-state index in [9.17, 15) is 14.4 Å². The number of thioether (sulfide) groups is 1. The van der Waals surface area contributed by atoms with E-state index in [1.165, 1.54) is 0 Å². The molecule has 23 heavy (non-hydrogen) atoms. The van der Waals surface area contributed by atoms with Crippen molar-refractivity contribution >= 4 is 57.5 Å². The summed E-state index contributed by atoms with van der Waals surface area (Å²) < 4.78 is 1.00. The van der Waals surface area contributed by atoms with Crippen molar-refractivity contribution in [3.8, 4) is 0 Å². The number of imide groups is 1. The van der Waals surface area contributed by atoms with Gasteiger partial charge in [0.2, 0.25) is 5.91 Å². The van der Waals surface area contributed by atoms with Crippen LogP contribution in [0.2, 0.25) is 0 Å². The van der Waals surface area contributed by atoms with Crippen molar-refractivity contribution < 1.29 is 14.4 Å². The van der Waals surface area contributed by atoms with Gasteiger partial charge in [0.1, 0.15) is 6.54 Å². The van der Waals surface area contributed by atoms with E-state index in [-0.39, 0.29) is 23.6 Å². The summed E-state index contributed by atoms with van der Waals surface area (Å²) in [6, 6.07) is 7.63. The summed E-state index contributed by atoms with van der Waals surface area (Å²) in [7, 11) is 0. The number of benzene rings is 1. The summed E-state index contributed by atoms with van der Waals surface area (Å²) in [6.07, 6.45) is 3.69. The Hall–Kier alpha value is -1.35. The smallest absolute Gasteiger partial charge is 0.294 e. The molecule has 2 saturated heterocycles. The van der Waals surface area contributed by atoms with Crippen LogP contribution in [0, 0.1) is 3.57 Å². The molecule has 7 heteroatoms. The minimum absolute atomic E-state index is 0.152. The van der Waals surface area contributed by atoms with Gasteiger partial charge in [-0.2, -0.15) is 0 Å². The van der Waals surface area contributed by atoms with Gasteiger partial charge < -0.3 is 4.90 Å². The number of halogens is 1. The minimum Gasteiger partial charge on any atom is -0.341 e. The van der Waals surface area contributed by atoms with E-state index in [0.717, 1.165) is 38.6 Å². The monoisotopic (exact) mass is 442 g/mol. The summed E-state index contributed by atoms with van der Waals surface area (Å²) >= 11 is 3.08. The molecule has 3 amide bonds. The topological polar surface area (TPSA) is 57.7 Å². The number of likely N-dealkylation sites (tertiary alicyclic amines) is 1. The zero-order valence-corrected chi connectivity index (χ0v) is 15.3. The summed E-state index contributed by atoms with van der Waals surface area (Å²) in [5, 5.41) is -0.375. The van der Waals surface area contributed by atoms with Gasteiger partial charge >= 0.3 is 0 Å². The molecule has 120 valence electrons. The van der Waals surface area contributed by atoms with Crippen LogP contribution in [-0.2, 0) is 9.59 Å². The number of carbonyl (C=O) groups is 3. The van der Waals surface area contributed by atoms with Crippen molar-refractivity contribution in [1.82, 2.24) is 9.80 Å². The van der Waals surface area contributed by atoms with E-state index in [1.807, 2.05) is 24.3 Å². The zero-order chi connectivity index (χ0) is 16.4. The highest BCUT2D eigenvalue weighted by molar-refractivity contribution is 14.1. The van der Waals surface area contributed by atoms with E-state index < -0.39 is 0 Å². The van der Waals surface area contributed by atoms with Gasteiger partial charge in [-0.25, -0.2) is 0 Å². The number of nitrogens with zero attached hydrogens (tertiary/aromatic N) is 2. The van der Waals surface area contributed by atoms with Crippen LogP contribution in [0.3, 0.4) is 0 Å². The number of carbonyl (C=O) groups excluding carboxylic acids is 3. The molecule has 0 N–H and O–H groups in total. The predicted octanol–water partition coefficient (Wildman–Crippen LogP) is 2.95. The molecule has 1 aromatic rings. The average Bonchev–Trinajstić information content (AvgIpc) is 3.14. The van der Waals surface area contributed by atoms with Gasteiger partial charge in [-0.3, -0.25) is 19.3 Å². The highest BCUT2D eigenvalue weighted by Gasteiger charge is 2.37. The molecule has 0 aromatic heterocycles. The third-order valence-corrected chi connectivity index (χ3v) is 5.71. The van der Waals surface area contributed by atoms with Crippen LogP contribution in [0.1, 0.15) is 18.4 Å². The van der Waals surface area contributed by atoms with Crippen molar-refractivity contribution in [2.75, 3.05) is 19.6 Å². The lowest BCUT2D eigenvalue weighted by atomic mass is 10.2. The lowest BCUT2D eigenvalue weighted by Crippen LogP contribution is -2.40. The van der Waals surface area contributed by atoms with Crippen LogP contribution in [0.25, 0.3) is 6.08 Å². The first-order chi connectivity index (χ1) is 11.1. The molecule has 0 aliphatic carbocycles. The average molecular weight is 442 g/mol. The second-order valence-corrected chi connectivity index (χ2v) is 7.53. The Bertz CT molecular complexity index is 698. The summed E-state index contributed by atoms with van der Waals surface area (Å²) in [5.74, 6) is -0.535. The third kappa shape index (κ3) is 3.60. The number of rotatable bonds is 3. The molecule has 0 saturated carbocycles. The maximum Gasteiger partial charge on any atom is 0.294 e. The standard InChI is InChI=1S/C16H15IN2O3S/c17-12-6-2-1-5-11(12)9-13-15(21)19(16(22)23-13)10-14(20)18-7-3-4-8-18/h1-2,5-6,9H,3-4,7-8,10H2/b13-9-. The number of amides is 3. The molecule has 0 bridgehead atoms. The molecule has 0 unspecified atom stereocenters. The van der Waals surface area contributed by atoms with E-state index >= 15 is 0 Å². The Balaban J connectivity index is 1.75. The van der Waals surface area contributed by atoms with Gasteiger partial charge in [-0.1, -0.05) is 18.2 Å². The minimum atomic E-state index is -0.382. The molecule has 2 heterocycles. The second kappa shape index (κ2) is 7.04. The predicted molar refractivity (Wildman–Crippen MR) is 97.7 cm³/mol. The van der Waals surface area contributed by atoms with Crippen LogP contribution in [0.15, 0.2) is 29.2 Å². The normalized spacial score (nSPS) is 20.0. The summed E-state index contributed by atoms with van der Waals surface area (Å²) in [5.41, 5.74) is 0.893. The quantitative estimate of drug-likeness (QED) is 0.534. The molecule has 5 nitrogen and oxygen atoms in total. The van der Waals surface area contributed by atoms with Gasteiger partial charge in [0, 0.05) is 16.7 Å². The molecular weight excluding hydrogens is 427 g/mol. The molecule has 1 aromatic carbocycles. The fraction of sp³-hybridized carbons (Fsp3) is 0.312. The Morgan fingerprint density at radius 2 is 1.91 bits per heavy atom. The van der Waals surface area contributed by atoms with Crippen molar-refractivity contribution in [3.63, 3.8) is 0 Å². The molecule has 0 spiro atoms. The van der Waals surface area contributed by atoms with Gasteiger partial charge in [0.25, 0.3) is 11.1 Å². The number of hydrogen-bond donors (Lipinski definition) is 0. The van der Waals surface area contributed by atoms with Crippen LogP contribution in [0.5, 0.6) is 0 Å². The van der Waals surface area contributed by atoms with Crippen molar-refractivity contribution in [1.29, 1.82) is 0 Å². The van der Waals surface area contributed by atoms with Crippen LogP contribution >= 0.6 is 34.4 Å². The summed E-state index contributed by atoms with van der Waals surface area (Å²) in [6.45, 7) is 1.27. The molecular formula is C16H15IN2O3S. The van der Waals surface area contributed by atoms with Gasteiger partial charge in [-0.05, 0) is 64.9 Å². The lowest BCUT2D eigenvalue weighted by molar-refractivity contribution is -0.135. The van der Waals surface area contributed by atoms with Crippen LogP contribution in [-0.4, -0.2) is 46.5 Å². The maximum absolute atomic E-state index is 12.4. The van der Waals surface area contributed by atoms with Crippen molar-refractivity contribution in [2.24, 2.45) is 0 Å². The van der Waals surface area contributed by atoms with Crippen molar-refractivity contribution in [2.45, 2.75) is 12.8 Å². The van der Waals surface area contributed by atoms with E-state index in [0.29, 0.717) is 18.0 Å². The lowest BCUT2D eigenvalue weighted by Gasteiger charge is -2.18. The molecule has 2 aliphatic rings. The number of hydrogen-bond acceptors (Lipinski definition) is 4. The first-order valence-electron chi connectivity index (χ1n) is 7.34. The maximum atomic E-state index is 12.4. The van der Waals surface area contributed by atoms with Gasteiger partial charge in [-0.15, -0.1) is 0 Å². The molecule has 0 atom stereocenters. The third-order valence-electron chi connectivity index (χ3n) is 3.82. The molecule has 0 radical (unpaired) electrons. The molecule has 3 rings (SSSR count). The fourth-order valence-electron chi connectivity index (χ4n) is 2.57. The SMILES string of the molecule is O=C(CN1C(=O)S/C(=C\c2ccccc2I)C1=O)N1CCCC1. The largest absolute Gasteiger partial charge is 0.341 e. The Kier molecular flexibility index (Phi) is 5.05. The molecule has 2 aliphatic heterocycles. The Labute approximate surface area is 152 Å².